The van der Waals surface area contributed by atoms with Crippen LogP contribution in [0.3, 0.4) is 0 Å². The number of nitrogens with zero attached hydrogens (tertiary/aromatic N) is 8. The molecule has 0 bridgehead atoms. The maximum atomic E-state index is 11.3. The Labute approximate surface area is 321 Å². The first-order valence-electron chi connectivity index (χ1n) is 15.6. The molecule has 278 valence electrons. The number of benzene rings is 4. The summed E-state index contributed by atoms with van der Waals surface area (Å²) in [6.07, 6.45) is 2.48. The van der Waals surface area contributed by atoms with E-state index in [-0.39, 0.29) is 74.1 Å². The van der Waals surface area contributed by atoms with E-state index in [1.54, 1.807) is 62.4 Å². The molecule has 0 aliphatic carbocycles. The molecule has 2 heterocycles. The average molecular weight is 785 g/mol. The first kappa shape index (κ1) is 40.3. The molecule has 2 aromatic heterocycles. The molecule has 0 aliphatic rings. The summed E-state index contributed by atoms with van der Waals surface area (Å²) in [7, 11) is 0. The Bertz CT molecular complexity index is 2290. The Morgan fingerprint density at radius 2 is 0.982 bits per heavy atom. The van der Waals surface area contributed by atoms with Crippen molar-refractivity contribution in [3.63, 3.8) is 0 Å². The van der Waals surface area contributed by atoms with Gasteiger partial charge in [0.1, 0.15) is 0 Å². The second kappa shape index (κ2) is 17.4. The Hall–Kier alpha value is -7.49. The van der Waals surface area contributed by atoms with Gasteiger partial charge in [-0.3, -0.25) is 30.2 Å². The molecule has 0 unspecified atom stereocenters. The average Bonchev–Trinajstić information content (AvgIpc) is 3.61. The van der Waals surface area contributed by atoms with Crippen LogP contribution in [0.5, 0.6) is 11.8 Å². The van der Waals surface area contributed by atoms with Crippen molar-refractivity contribution in [1.29, 1.82) is 0 Å². The molecular formula is C36H28CrN8O10. The zero-order valence-corrected chi connectivity index (χ0v) is 29.9. The van der Waals surface area contributed by atoms with Gasteiger partial charge in [0.2, 0.25) is 11.8 Å². The van der Waals surface area contributed by atoms with Crippen molar-refractivity contribution >= 4 is 47.1 Å². The summed E-state index contributed by atoms with van der Waals surface area (Å²) in [5.74, 6) is -2.88. The molecule has 0 saturated carbocycles. The summed E-state index contributed by atoms with van der Waals surface area (Å²) in [5, 5.41) is 69.7. The molecule has 4 N–H and O–H groups in total. The van der Waals surface area contributed by atoms with E-state index in [0.717, 1.165) is 36.4 Å². The van der Waals surface area contributed by atoms with E-state index in [9.17, 15) is 50.2 Å². The third kappa shape index (κ3) is 9.12. The predicted octanol–water partition coefficient (Wildman–Crippen LogP) is 6.48. The van der Waals surface area contributed by atoms with Gasteiger partial charge in [-0.15, -0.1) is 0 Å². The predicted molar refractivity (Wildman–Crippen MR) is 195 cm³/mol. The molecule has 0 atom stereocenters. The van der Waals surface area contributed by atoms with Crippen LogP contribution in [-0.4, -0.2) is 74.2 Å². The van der Waals surface area contributed by atoms with Crippen LogP contribution in [0.25, 0.3) is 11.4 Å². The van der Waals surface area contributed by atoms with Crippen molar-refractivity contribution in [1.82, 2.24) is 19.6 Å². The standard InChI is InChI=1S/2C18H14N4O5.Cr/c2*1-11-15(17(23)21(20-11)12-5-3-2-4-6-12)10-19-16-9-13(22(26)27)7-8-14(16)18(24)25;/h2*2-10,23H,1H3,(H,24,25);. The van der Waals surface area contributed by atoms with Crippen molar-refractivity contribution < 1.29 is 57.2 Å². The fourth-order valence-electron chi connectivity index (χ4n) is 4.97. The van der Waals surface area contributed by atoms with Gasteiger partial charge in [0, 0.05) is 54.1 Å². The minimum atomic E-state index is -1.27. The third-order valence-corrected chi connectivity index (χ3v) is 7.67. The van der Waals surface area contributed by atoms with Gasteiger partial charge in [-0.2, -0.15) is 10.2 Å². The smallest absolute Gasteiger partial charge is 0.337 e. The van der Waals surface area contributed by atoms with Crippen molar-refractivity contribution in [2.75, 3.05) is 0 Å². The molecule has 19 heteroatoms. The minimum Gasteiger partial charge on any atom is -0.493 e. The van der Waals surface area contributed by atoms with Gasteiger partial charge < -0.3 is 20.4 Å². The van der Waals surface area contributed by atoms with Crippen LogP contribution in [0, 0.1) is 34.1 Å². The van der Waals surface area contributed by atoms with Gasteiger partial charge in [-0.1, -0.05) is 36.4 Å². The number of carboxylic acids is 2. The number of aliphatic imine (C=N–C) groups is 2. The van der Waals surface area contributed by atoms with Crippen LogP contribution < -0.4 is 0 Å². The van der Waals surface area contributed by atoms with E-state index in [2.05, 4.69) is 20.2 Å². The quantitative estimate of drug-likeness (QED) is 0.0660. The molecule has 0 amide bonds. The Kier molecular flexibility index (Phi) is 12.7. The molecule has 0 saturated heterocycles. The number of aromatic hydroxyl groups is 2. The minimum absolute atomic E-state index is 0. The van der Waals surface area contributed by atoms with Gasteiger partial charge in [0.25, 0.3) is 11.4 Å². The summed E-state index contributed by atoms with van der Waals surface area (Å²) >= 11 is 0. The number of rotatable bonds is 10. The number of aromatic nitrogens is 4. The normalized spacial score (nSPS) is 10.8. The van der Waals surface area contributed by atoms with Crippen LogP contribution in [0.15, 0.2) is 107 Å². The van der Waals surface area contributed by atoms with E-state index in [1.165, 1.54) is 21.8 Å². The van der Waals surface area contributed by atoms with Gasteiger partial charge in [-0.25, -0.2) is 19.0 Å². The number of para-hydroxylation sites is 2. The fraction of sp³-hybridized carbons (Fsp3) is 0.0556. The Balaban J connectivity index is 0.000000240. The van der Waals surface area contributed by atoms with Gasteiger partial charge in [0.15, 0.2) is 0 Å². The molecule has 6 rings (SSSR count). The molecule has 18 nitrogen and oxygen atoms in total. The third-order valence-electron chi connectivity index (χ3n) is 7.67. The zero-order valence-electron chi connectivity index (χ0n) is 28.6. The molecular weight excluding hydrogens is 756 g/mol. The van der Waals surface area contributed by atoms with E-state index < -0.39 is 21.8 Å². The van der Waals surface area contributed by atoms with Crippen molar-refractivity contribution in [2.24, 2.45) is 9.98 Å². The van der Waals surface area contributed by atoms with Gasteiger partial charge in [0.05, 0.1) is 66.2 Å². The number of hydrogen-bond acceptors (Lipinski definition) is 12. The van der Waals surface area contributed by atoms with Crippen LogP contribution in [0.1, 0.15) is 43.2 Å². The Morgan fingerprint density at radius 3 is 1.29 bits per heavy atom. The van der Waals surface area contributed by atoms with Crippen LogP contribution >= 0.6 is 0 Å². The van der Waals surface area contributed by atoms with Gasteiger partial charge in [-0.05, 0) is 50.2 Å². The second-order valence-electron chi connectivity index (χ2n) is 11.2. The fourth-order valence-corrected chi connectivity index (χ4v) is 4.97. The molecule has 4 aromatic carbocycles. The maximum absolute atomic E-state index is 11.3. The summed E-state index contributed by atoms with van der Waals surface area (Å²) in [5.41, 5.74) is 1.62. The SMILES string of the molecule is Cc1nn(-c2ccccc2)c(O)c1C=Nc1cc([N+](=O)[O-])ccc1C(=O)O.Cc1nn(-c2ccccc2)c(O)c1C=Nc1cc([N+](=O)[O-])ccc1C(=O)O.[Cr]. The van der Waals surface area contributed by atoms with E-state index in [4.69, 9.17) is 0 Å². The van der Waals surface area contributed by atoms with Crippen molar-refractivity contribution in [2.45, 2.75) is 13.8 Å². The summed E-state index contributed by atoms with van der Waals surface area (Å²) in [6.45, 7) is 3.32. The Morgan fingerprint density at radius 1 is 0.636 bits per heavy atom. The molecule has 0 fully saturated rings. The summed E-state index contributed by atoms with van der Waals surface area (Å²) < 4.78 is 2.64. The number of nitro groups is 2. The van der Waals surface area contributed by atoms with Crippen LogP contribution in [0.2, 0.25) is 0 Å². The largest absolute Gasteiger partial charge is 0.493 e. The van der Waals surface area contributed by atoms with Crippen molar-refractivity contribution in [3.8, 4) is 23.1 Å². The second-order valence-corrected chi connectivity index (χ2v) is 11.2. The molecule has 0 radical (unpaired) electrons. The summed E-state index contributed by atoms with van der Waals surface area (Å²) in [6, 6.07) is 24.4. The van der Waals surface area contributed by atoms with E-state index in [0.29, 0.717) is 22.8 Å². The number of carboxylic acid groups (broad SMARTS) is 2. The van der Waals surface area contributed by atoms with Crippen LogP contribution in [-0.2, 0) is 17.4 Å². The molecule has 55 heavy (non-hydrogen) atoms. The zero-order chi connectivity index (χ0) is 39.1. The van der Waals surface area contributed by atoms with E-state index in [1.807, 2.05) is 12.1 Å². The van der Waals surface area contributed by atoms with Crippen molar-refractivity contribution in [3.05, 3.63) is 151 Å². The topological polar surface area (TPSA) is 262 Å². The monoisotopic (exact) mass is 784 g/mol. The first-order valence-corrected chi connectivity index (χ1v) is 15.6. The summed E-state index contributed by atoms with van der Waals surface area (Å²) in [4.78, 5) is 51.3. The number of carbonyl (C=O) groups is 2. The number of aromatic carboxylic acids is 2. The number of hydrogen-bond donors (Lipinski definition) is 4. The van der Waals surface area contributed by atoms with E-state index >= 15 is 0 Å². The maximum Gasteiger partial charge on any atom is 0.337 e. The first-order chi connectivity index (χ1) is 25.8. The van der Waals surface area contributed by atoms with Gasteiger partial charge >= 0.3 is 11.9 Å². The molecule has 0 spiro atoms. The number of non-ortho nitro benzene ring substituents is 2. The van der Waals surface area contributed by atoms with Crippen LogP contribution in [0.4, 0.5) is 22.7 Å². The number of aryl methyl sites for hydroxylation is 2. The number of nitro benzene ring substituents is 2. The molecule has 0 aliphatic heterocycles. The molecule has 6 aromatic rings.